The number of amides is 1. The minimum absolute atomic E-state index is 0.0381. The van der Waals surface area contributed by atoms with Gasteiger partial charge < -0.3 is 9.73 Å². The van der Waals surface area contributed by atoms with Crippen molar-refractivity contribution in [2.75, 3.05) is 0 Å². The number of nitrogens with two attached hydrogens (primary N) is 1. The Kier molecular flexibility index (Phi) is 4.44. The summed E-state index contributed by atoms with van der Waals surface area (Å²) in [5.74, 6) is 0.691. The number of sulfonamides is 1. The molecule has 21 heavy (non-hydrogen) atoms. The van der Waals surface area contributed by atoms with Gasteiger partial charge in [-0.2, -0.15) is 0 Å². The Morgan fingerprint density at radius 2 is 1.86 bits per heavy atom. The van der Waals surface area contributed by atoms with E-state index in [9.17, 15) is 13.2 Å². The number of carbonyl (C=O) groups excluding carboxylic acids is 1. The van der Waals surface area contributed by atoms with Crippen LogP contribution in [0.5, 0.6) is 0 Å². The third-order valence-electron chi connectivity index (χ3n) is 2.94. The lowest BCUT2D eigenvalue weighted by Gasteiger charge is -2.04. The van der Waals surface area contributed by atoms with Crippen LogP contribution >= 0.6 is 0 Å². The molecule has 0 bridgehead atoms. The fourth-order valence-corrected chi connectivity index (χ4v) is 2.27. The minimum atomic E-state index is -3.70. The molecule has 0 atom stereocenters. The van der Waals surface area contributed by atoms with Crippen molar-refractivity contribution in [2.24, 2.45) is 5.14 Å². The van der Waals surface area contributed by atoms with Gasteiger partial charge in [-0.25, -0.2) is 13.6 Å². The van der Waals surface area contributed by atoms with Crippen molar-refractivity contribution in [3.63, 3.8) is 0 Å². The molecule has 0 aliphatic heterocycles. The van der Waals surface area contributed by atoms with Gasteiger partial charge in [0.25, 0.3) is 5.91 Å². The molecule has 0 spiro atoms. The smallest absolute Gasteiger partial charge is 0.287 e. The summed E-state index contributed by atoms with van der Waals surface area (Å²) in [5, 5.41) is 7.71. The molecule has 1 aromatic carbocycles. The standard InChI is InChI=1S/C14H16N2O4S/c1-2-11-5-8-13(20-11)14(17)16-9-10-3-6-12(7-4-10)21(15,18)19/h3-8H,2,9H2,1H3,(H,16,17)(H2,15,18,19). The van der Waals surface area contributed by atoms with Gasteiger partial charge in [0.15, 0.2) is 5.76 Å². The van der Waals surface area contributed by atoms with E-state index in [0.29, 0.717) is 0 Å². The van der Waals surface area contributed by atoms with Crippen molar-refractivity contribution in [3.8, 4) is 0 Å². The van der Waals surface area contributed by atoms with Gasteiger partial charge in [0.05, 0.1) is 4.90 Å². The predicted octanol–water partition coefficient (Wildman–Crippen LogP) is 1.42. The van der Waals surface area contributed by atoms with Crippen molar-refractivity contribution >= 4 is 15.9 Å². The van der Waals surface area contributed by atoms with Gasteiger partial charge in [-0.1, -0.05) is 19.1 Å². The maximum atomic E-state index is 11.9. The molecule has 6 nitrogen and oxygen atoms in total. The van der Waals surface area contributed by atoms with Crippen LogP contribution < -0.4 is 10.5 Å². The van der Waals surface area contributed by atoms with Crippen LogP contribution in [-0.2, 0) is 23.0 Å². The van der Waals surface area contributed by atoms with Crippen molar-refractivity contribution in [3.05, 3.63) is 53.5 Å². The summed E-state index contributed by atoms with van der Waals surface area (Å²) in [5.41, 5.74) is 0.762. The Hall–Kier alpha value is -2.12. The molecule has 0 saturated carbocycles. The first-order valence-electron chi connectivity index (χ1n) is 6.39. The number of furan rings is 1. The van der Waals surface area contributed by atoms with Crippen molar-refractivity contribution < 1.29 is 17.6 Å². The molecule has 0 aliphatic carbocycles. The normalized spacial score (nSPS) is 11.3. The minimum Gasteiger partial charge on any atom is -0.456 e. The fourth-order valence-electron chi connectivity index (χ4n) is 1.76. The third kappa shape index (κ3) is 3.93. The highest BCUT2D eigenvalue weighted by atomic mass is 32.2. The van der Waals surface area contributed by atoms with Gasteiger partial charge in [-0.15, -0.1) is 0 Å². The van der Waals surface area contributed by atoms with E-state index >= 15 is 0 Å². The molecule has 7 heteroatoms. The zero-order chi connectivity index (χ0) is 15.5. The summed E-state index contributed by atoms with van der Waals surface area (Å²) in [7, 11) is -3.70. The SMILES string of the molecule is CCc1ccc(C(=O)NCc2ccc(S(N)(=O)=O)cc2)o1. The first-order valence-corrected chi connectivity index (χ1v) is 7.93. The number of benzene rings is 1. The molecule has 2 aromatic rings. The Morgan fingerprint density at radius 1 is 1.19 bits per heavy atom. The second-order valence-corrected chi connectivity index (χ2v) is 6.05. The molecule has 1 aromatic heterocycles. The molecule has 1 amide bonds. The number of rotatable bonds is 5. The van der Waals surface area contributed by atoms with E-state index in [-0.39, 0.29) is 23.1 Å². The van der Waals surface area contributed by atoms with Crippen LogP contribution in [0, 0.1) is 0 Å². The Balaban J connectivity index is 1.98. The van der Waals surface area contributed by atoms with Gasteiger partial charge in [-0.05, 0) is 29.8 Å². The van der Waals surface area contributed by atoms with Gasteiger partial charge >= 0.3 is 0 Å². The average molecular weight is 308 g/mol. The van der Waals surface area contributed by atoms with E-state index in [0.717, 1.165) is 17.7 Å². The van der Waals surface area contributed by atoms with E-state index in [2.05, 4.69) is 5.32 Å². The number of aryl methyl sites for hydroxylation is 1. The van der Waals surface area contributed by atoms with Crippen LogP contribution in [0.3, 0.4) is 0 Å². The molecule has 0 unspecified atom stereocenters. The quantitative estimate of drug-likeness (QED) is 0.872. The van der Waals surface area contributed by atoms with Gasteiger partial charge in [0.2, 0.25) is 10.0 Å². The summed E-state index contributed by atoms with van der Waals surface area (Å²) < 4.78 is 27.6. The van der Waals surface area contributed by atoms with Crippen LogP contribution in [0.2, 0.25) is 0 Å². The second-order valence-electron chi connectivity index (χ2n) is 4.49. The maximum absolute atomic E-state index is 11.9. The summed E-state index contributed by atoms with van der Waals surface area (Å²) >= 11 is 0. The number of primary sulfonamides is 1. The molecule has 0 fully saturated rings. The largest absolute Gasteiger partial charge is 0.456 e. The Morgan fingerprint density at radius 3 is 2.38 bits per heavy atom. The highest BCUT2D eigenvalue weighted by Crippen LogP contribution is 2.10. The summed E-state index contributed by atoms with van der Waals surface area (Å²) in [6.07, 6.45) is 0.725. The summed E-state index contributed by atoms with van der Waals surface area (Å²) in [6.45, 7) is 2.21. The van der Waals surface area contributed by atoms with Crippen LogP contribution in [0.1, 0.15) is 28.8 Å². The third-order valence-corrected chi connectivity index (χ3v) is 3.87. The fraction of sp³-hybridized carbons (Fsp3) is 0.214. The van der Waals surface area contributed by atoms with E-state index in [1.165, 1.54) is 12.1 Å². The molecular formula is C14H16N2O4S. The lowest BCUT2D eigenvalue weighted by molar-refractivity contribution is 0.0921. The lowest BCUT2D eigenvalue weighted by atomic mass is 10.2. The molecule has 112 valence electrons. The van der Waals surface area contributed by atoms with Crippen LogP contribution in [0.15, 0.2) is 45.7 Å². The summed E-state index contributed by atoms with van der Waals surface area (Å²) in [6, 6.07) is 9.38. The number of hydrogen-bond acceptors (Lipinski definition) is 4. The Labute approximate surface area is 123 Å². The van der Waals surface area contributed by atoms with Crippen LogP contribution in [-0.4, -0.2) is 14.3 Å². The molecule has 0 aliphatic rings. The van der Waals surface area contributed by atoms with E-state index < -0.39 is 10.0 Å². The van der Waals surface area contributed by atoms with Gasteiger partial charge in [0, 0.05) is 13.0 Å². The lowest BCUT2D eigenvalue weighted by Crippen LogP contribution is -2.22. The zero-order valence-electron chi connectivity index (χ0n) is 11.5. The molecule has 0 radical (unpaired) electrons. The highest BCUT2D eigenvalue weighted by Gasteiger charge is 2.11. The molecular weight excluding hydrogens is 292 g/mol. The van der Waals surface area contributed by atoms with Gasteiger partial charge in [0.1, 0.15) is 5.76 Å². The van der Waals surface area contributed by atoms with E-state index in [1.807, 2.05) is 6.92 Å². The second kappa shape index (κ2) is 6.11. The topological polar surface area (TPSA) is 102 Å². The van der Waals surface area contributed by atoms with Crippen LogP contribution in [0.25, 0.3) is 0 Å². The number of carbonyl (C=O) groups is 1. The zero-order valence-corrected chi connectivity index (χ0v) is 12.3. The average Bonchev–Trinajstić information content (AvgIpc) is 2.93. The molecule has 0 saturated heterocycles. The van der Waals surface area contributed by atoms with Gasteiger partial charge in [-0.3, -0.25) is 4.79 Å². The van der Waals surface area contributed by atoms with E-state index in [1.54, 1.807) is 24.3 Å². The Bertz CT molecular complexity index is 733. The molecule has 2 rings (SSSR count). The van der Waals surface area contributed by atoms with Crippen molar-refractivity contribution in [1.29, 1.82) is 0 Å². The molecule has 3 N–H and O–H groups in total. The number of hydrogen-bond donors (Lipinski definition) is 2. The monoisotopic (exact) mass is 308 g/mol. The van der Waals surface area contributed by atoms with Crippen molar-refractivity contribution in [1.82, 2.24) is 5.32 Å². The number of nitrogens with one attached hydrogen (secondary N) is 1. The summed E-state index contributed by atoms with van der Waals surface area (Å²) in [4.78, 5) is 11.9. The molecule has 1 heterocycles. The first kappa shape index (κ1) is 15.3. The van der Waals surface area contributed by atoms with Crippen molar-refractivity contribution in [2.45, 2.75) is 24.8 Å². The predicted molar refractivity (Wildman–Crippen MR) is 77.1 cm³/mol. The first-order chi connectivity index (χ1) is 9.90. The maximum Gasteiger partial charge on any atom is 0.287 e. The van der Waals surface area contributed by atoms with E-state index in [4.69, 9.17) is 9.56 Å². The van der Waals surface area contributed by atoms with Crippen LogP contribution in [0.4, 0.5) is 0 Å². The highest BCUT2D eigenvalue weighted by molar-refractivity contribution is 7.89.